The van der Waals surface area contributed by atoms with Crippen LogP contribution in [0.3, 0.4) is 0 Å². The molecule has 1 aromatic carbocycles. The van der Waals surface area contributed by atoms with Crippen LogP contribution in [0.15, 0.2) is 30.4 Å². The molecule has 1 aliphatic carbocycles. The minimum atomic E-state index is -1.26. The molecule has 2 aromatic rings. The van der Waals surface area contributed by atoms with E-state index < -0.39 is 17.8 Å². The van der Waals surface area contributed by atoms with E-state index in [4.69, 9.17) is 20.9 Å². The lowest BCUT2D eigenvalue weighted by Crippen LogP contribution is -2.49. The first kappa shape index (κ1) is 34.3. The van der Waals surface area contributed by atoms with E-state index in [1.807, 2.05) is 13.0 Å². The van der Waals surface area contributed by atoms with E-state index in [0.29, 0.717) is 41.9 Å². The van der Waals surface area contributed by atoms with E-state index in [-0.39, 0.29) is 17.8 Å². The summed E-state index contributed by atoms with van der Waals surface area (Å²) in [6.07, 6.45) is 4.81. The maximum Gasteiger partial charge on any atom is 0.328 e. The molecule has 13 heteroatoms. The average Bonchev–Trinajstić information content (AvgIpc) is 2.98. The van der Waals surface area contributed by atoms with Crippen molar-refractivity contribution in [2.75, 3.05) is 41.7 Å². The summed E-state index contributed by atoms with van der Waals surface area (Å²) >= 11 is 0. The van der Waals surface area contributed by atoms with E-state index in [2.05, 4.69) is 58.3 Å². The van der Waals surface area contributed by atoms with Crippen molar-refractivity contribution in [3.63, 3.8) is 0 Å². The average molecular weight is 612 g/mol. The number of aromatic nitrogens is 2. The van der Waals surface area contributed by atoms with Gasteiger partial charge in [0.05, 0.1) is 11.8 Å². The predicted molar refractivity (Wildman–Crippen MR) is 170 cm³/mol. The summed E-state index contributed by atoms with van der Waals surface area (Å²) in [6.45, 7) is 12.7. The molecule has 2 aliphatic rings. The van der Waals surface area contributed by atoms with Crippen molar-refractivity contribution >= 4 is 40.9 Å². The molecule has 1 aromatic heterocycles. The molecule has 7 N–H and O–H groups in total. The van der Waals surface area contributed by atoms with Gasteiger partial charge in [0.1, 0.15) is 5.82 Å². The zero-order chi connectivity index (χ0) is 32.4. The van der Waals surface area contributed by atoms with Crippen LogP contribution in [0.25, 0.3) is 0 Å². The fourth-order valence-electron chi connectivity index (χ4n) is 5.35. The van der Waals surface area contributed by atoms with Gasteiger partial charge in [0.15, 0.2) is 11.5 Å². The number of rotatable bonds is 10. The second-order valence-electron chi connectivity index (χ2n) is 11.3. The highest BCUT2D eigenvalue weighted by Gasteiger charge is 2.24. The maximum atomic E-state index is 12.2. The topological polar surface area (TPSA) is 194 Å². The number of nitrogens with one attached hydrogen (secondary N) is 2. The first-order chi connectivity index (χ1) is 20.9. The second-order valence-corrected chi connectivity index (χ2v) is 11.3. The third kappa shape index (κ3) is 9.91. The van der Waals surface area contributed by atoms with Crippen LogP contribution < -0.4 is 21.3 Å². The first-order valence-electron chi connectivity index (χ1n) is 15.0. The summed E-state index contributed by atoms with van der Waals surface area (Å²) in [5, 5.41) is 32.3. The minimum absolute atomic E-state index is 0.142. The lowest BCUT2D eigenvalue weighted by atomic mass is 9.93. The van der Waals surface area contributed by atoms with E-state index >= 15 is 0 Å². The molecule has 2 heterocycles. The lowest BCUT2D eigenvalue weighted by molar-refractivity contribution is -0.134. The molecule has 1 amide bonds. The number of aliphatic hydroxyl groups is 1. The molecule has 240 valence electrons. The summed E-state index contributed by atoms with van der Waals surface area (Å²) in [5.41, 5.74) is 9.77. The van der Waals surface area contributed by atoms with Crippen molar-refractivity contribution in [3.8, 4) is 0 Å². The maximum absolute atomic E-state index is 12.2. The second kappa shape index (κ2) is 16.0. The predicted octanol–water partition coefficient (Wildman–Crippen LogP) is 3.15. The van der Waals surface area contributed by atoms with Gasteiger partial charge in [-0.15, -0.1) is 0 Å². The molecule has 0 spiro atoms. The number of carbonyl (C=O) groups is 3. The summed E-state index contributed by atoms with van der Waals surface area (Å²) in [7, 11) is 0. The van der Waals surface area contributed by atoms with Crippen LogP contribution in [0.4, 0.5) is 23.0 Å². The molecule has 2 fully saturated rings. The molecular weight excluding hydrogens is 566 g/mol. The molecular formula is C31H45N7O6. The van der Waals surface area contributed by atoms with Crippen molar-refractivity contribution < 1.29 is 29.7 Å². The van der Waals surface area contributed by atoms with Crippen LogP contribution in [0, 0.1) is 6.92 Å². The van der Waals surface area contributed by atoms with Gasteiger partial charge in [0.25, 0.3) is 5.91 Å². The number of aliphatic hydroxyl groups excluding tert-OH is 1. The van der Waals surface area contributed by atoms with Crippen LogP contribution in [-0.4, -0.2) is 92.4 Å². The number of nitrogens with two attached hydrogens (primary N) is 1. The standard InChI is InChI=1S/C27H41N7O2.C4H4O4/c1-5-22-26(29-19-6-9-21(35)10-7-19)32-27(24(31-22)25(28)36)30-20-8-11-23(18(4)16-20)34-14-12-33(13-15-34)17(2)3;5-3(6)1-2-4(7)8/h8,11,16-17,19,21,35H,5-7,9-10,12-15H2,1-4H3,(H2,28,36)(H2,29,30,32);1-2H,(H,5,6)(H,7,8)/b;2-1+. The van der Waals surface area contributed by atoms with Gasteiger partial charge in [-0.3, -0.25) is 9.69 Å². The molecule has 1 saturated heterocycles. The highest BCUT2D eigenvalue weighted by Crippen LogP contribution is 2.29. The fraction of sp³-hybridized carbons (Fsp3) is 0.516. The number of hydrogen-bond donors (Lipinski definition) is 6. The number of piperazine rings is 1. The number of carbonyl (C=O) groups excluding carboxylic acids is 1. The van der Waals surface area contributed by atoms with Crippen LogP contribution >= 0.6 is 0 Å². The number of carboxylic acid groups (broad SMARTS) is 2. The third-order valence-corrected chi connectivity index (χ3v) is 7.79. The number of nitrogens with zero attached hydrogens (tertiary/aromatic N) is 4. The van der Waals surface area contributed by atoms with E-state index in [1.165, 1.54) is 5.69 Å². The van der Waals surface area contributed by atoms with Gasteiger partial charge in [0, 0.05) is 61.8 Å². The molecule has 0 unspecified atom stereocenters. The SMILES string of the molecule is CCc1nc(C(N)=O)c(Nc2ccc(N3CCN(C(C)C)CC3)c(C)c2)nc1NC1CCC(O)CC1.O=C(O)/C=C/C(=O)O. The molecule has 4 rings (SSSR count). The van der Waals surface area contributed by atoms with Crippen molar-refractivity contribution in [2.24, 2.45) is 5.73 Å². The number of amides is 1. The van der Waals surface area contributed by atoms with Gasteiger partial charge in [-0.05, 0) is 76.6 Å². The smallest absolute Gasteiger partial charge is 0.328 e. The molecule has 1 saturated carbocycles. The lowest BCUT2D eigenvalue weighted by Gasteiger charge is -2.38. The third-order valence-electron chi connectivity index (χ3n) is 7.79. The number of carboxylic acids is 2. The summed E-state index contributed by atoms with van der Waals surface area (Å²) < 4.78 is 0. The Hall–Kier alpha value is -4.23. The van der Waals surface area contributed by atoms with Gasteiger partial charge in [0.2, 0.25) is 0 Å². The number of primary amides is 1. The van der Waals surface area contributed by atoms with E-state index in [1.54, 1.807) is 0 Å². The molecule has 0 bridgehead atoms. The van der Waals surface area contributed by atoms with Crippen LogP contribution in [0.1, 0.15) is 68.2 Å². The Bertz CT molecular complexity index is 1320. The Labute approximate surface area is 258 Å². The van der Waals surface area contributed by atoms with Crippen molar-refractivity contribution in [2.45, 2.75) is 78.0 Å². The summed E-state index contributed by atoms with van der Waals surface area (Å²) in [5.74, 6) is -2.10. The van der Waals surface area contributed by atoms with Crippen molar-refractivity contribution in [1.82, 2.24) is 14.9 Å². The van der Waals surface area contributed by atoms with Gasteiger partial charge < -0.3 is 36.6 Å². The summed E-state index contributed by atoms with van der Waals surface area (Å²) in [6, 6.07) is 7.03. The minimum Gasteiger partial charge on any atom is -0.478 e. The van der Waals surface area contributed by atoms with Gasteiger partial charge in [-0.25, -0.2) is 19.6 Å². The number of aryl methyl sites for hydroxylation is 2. The van der Waals surface area contributed by atoms with Gasteiger partial charge in [-0.1, -0.05) is 6.92 Å². The Kier molecular flexibility index (Phi) is 12.5. The van der Waals surface area contributed by atoms with Gasteiger partial charge in [-0.2, -0.15) is 0 Å². The zero-order valence-electron chi connectivity index (χ0n) is 25.9. The Morgan fingerprint density at radius 1 is 1.00 bits per heavy atom. The highest BCUT2D eigenvalue weighted by molar-refractivity contribution is 5.96. The monoisotopic (exact) mass is 611 g/mol. The first-order valence-corrected chi connectivity index (χ1v) is 15.0. The molecule has 1 aliphatic heterocycles. The molecule has 44 heavy (non-hydrogen) atoms. The van der Waals surface area contributed by atoms with Gasteiger partial charge >= 0.3 is 11.9 Å². The van der Waals surface area contributed by atoms with Crippen LogP contribution in [-0.2, 0) is 16.0 Å². The number of aliphatic carboxylic acids is 2. The quantitative estimate of drug-likeness (QED) is 0.215. The molecule has 13 nitrogen and oxygen atoms in total. The molecule has 0 radical (unpaired) electrons. The normalized spacial score (nSPS) is 18.9. The number of hydrogen-bond acceptors (Lipinski definition) is 10. The number of anilines is 4. The van der Waals surface area contributed by atoms with E-state index in [0.717, 1.165) is 63.1 Å². The fourth-order valence-corrected chi connectivity index (χ4v) is 5.35. The Balaban J connectivity index is 0.000000583. The number of benzene rings is 1. The summed E-state index contributed by atoms with van der Waals surface area (Å²) in [4.78, 5) is 45.6. The van der Waals surface area contributed by atoms with E-state index in [9.17, 15) is 19.5 Å². The van der Waals surface area contributed by atoms with Crippen molar-refractivity contribution in [1.29, 1.82) is 0 Å². The Morgan fingerprint density at radius 3 is 2.11 bits per heavy atom. The Morgan fingerprint density at radius 2 is 1.61 bits per heavy atom. The van der Waals surface area contributed by atoms with Crippen LogP contribution in [0.5, 0.6) is 0 Å². The van der Waals surface area contributed by atoms with Crippen LogP contribution in [0.2, 0.25) is 0 Å². The zero-order valence-corrected chi connectivity index (χ0v) is 25.9. The largest absolute Gasteiger partial charge is 0.478 e. The van der Waals surface area contributed by atoms with Crippen molar-refractivity contribution in [3.05, 3.63) is 47.3 Å². The molecule has 0 atom stereocenters. The highest BCUT2D eigenvalue weighted by atomic mass is 16.4.